The molecule has 0 aromatic heterocycles. The summed E-state index contributed by atoms with van der Waals surface area (Å²) in [4.78, 5) is 52.8. The highest BCUT2D eigenvalue weighted by atomic mass is 16.4. The smallest absolute Gasteiger partial charge is 0.317 e. The van der Waals surface area contributed by atoms with Gasteiger partial charge in [0.2, 0.25) is 5.91 Å². The first-order valence-electron chi connectivity index (χ1n) is 10.4. The van der Waals surface area contributed by atoms with Gasteiger partial charge in [-0.1, -0.05) is 0 Å². The Morgan fingerprint density at radius 3 is 1.25 bits per heavy atom. The molecule has 1 heterocycles. The number of nitrogens with zero attached hydrogens (tertiary/aromatic N) is 4. The number of amides is 1. The summed E-state index contributed by atoms with van der Waals surface area (Å²) in [7, 11) is 0. The van der Waals surface area contributed by atoms with Crippen molar-refractivity contribution in [2.24, 2.45) is 0 Å². The second-order valence-electron chi connectivity index (χ2n) is 7.59. The van der Waals surface area contributed by atoms with Crippen molar-refractivity contribution in [3.05, 3.63) is 0 Å². The Kier molecular flexibility index (Phi) is 12.9. The monoisotopic (exact) mass is 455 g/mol. The van der Waals surface area contributed by atoms with Crippen molar-refractivity contribution in [1.82, 2.24) is 24.9 Å². The first-order valence-corrected chi connectivity index (χ1v) is 10.4. The quantitative estimate of drug-likeness (QED) is 0.206. The lowest BCUT2D eigenvalue weighted by Crippen LogP contribution is -2.49. The van der Waals surface area contributed by atoms with E-state index in [0.717, 1.165) is 0 Å². The van der Waals surface area contributed by atoms with Gasteiger partial charge in [-0.3, -0.25) is 38.8 Å². The van der Waals surface area contributed by atoms with Gasteiger partial charge in [0, 0.05) is 65.3 Å². The topological polar surface area (TPSA) is 154 Å². The molecule has 12 nitrogen and oxygen atoms in total. The number of carbonyl (C=O) groups is 4. The fraction of sp³-hybridized carbons (Fsp3) is 0.700. The van der Waals surface area contributed by atoms with Crippen molar-refractivity contribution in [2.75, 3.05) is 85.1 Å². The average molecular weight is 456 g/mol. The van der Waals surface area contributed by atoms with Crippen LogP contribution in [0.3, 0.4) is 0 Å². The highest BCUT2D eigenvalue weighted by molar-refractivity contribution is 5.78. The maximum Gasteiger partial charge on any atom is 0.317 e. The summed E-state index contributed by atoms with van der Waals surface area (Å²) < 4.78 is 0. The first kappa shape index (κ1) is 27.3. The van der Waals surface area contributed by atoms with Crippen molar-refractivity contribution in [3.8, 4) is 12.3 Å². The molecule has 1 aliphatic rings. The number of rotatable bonds is 10. The van der Waals surface area contributed by atoms with Crippen molar-refractivity contribution >= 4 is 23.8 Å². The highest BCUT2D eigenvalue weighted by Crippen LogP contribution is 2.01. The maximum atomic E-state index is 12.2. The minimum Gasteiger partial charge on any atom is -0.480 e. The maximum absolute atomic E-state index is 12.2. The lowest BCUT2D eigenvalue weighted by molar-refractivity contribution is -0.140. The zero-order valence-electron chi connectivity index (χ0n) is 18.2. The molecule has 1 amide bonds. The second kappa shape index (κ2) is 15.1. The van der Waals surface area contributed by atoms with Crippen LogP contribution in [-0.4, -0.2) is 144 Å². The number of carbonyl (C=O) groups excluding carboxylic acids is 1. The van der Waals surface area contributed by atoms with Crippen LogP contribution in [0.5, 0.6) is 0 Å². The largest absolute Gasteiger partial charge is 0.480 e. The van der Waals surface area contributed by atoms with Gasteiger partial charge < -0.3 is 20.6 Å². The van der Waals surface area contributed by atoms with Crippen LogP contribution in [0.15, 0.2) is 0 Å². The summed E-state index contributed by atoms with van der Waals surface area (Å²) in [6.07, 6.45) is 5.60. The second-order valence-corrected chi connectivity index (χ2v) is 7.59. The summed E-state index contributed by atoms with van der Waals surface area (Å²) in [6, 6.07) is 0. The molecule has 0 spiro atoms. The Hall–Kier alpha value is -2.72. The number of nitrogens with one attached hydrogen (secondary N) is 1. The van der Waals surface area contributed by atoms with E-state index in [4.69, 9.17) is 11.5 Å². The van der Waals surface area contributed by atoms with Gasteiger partial charge in [-0.05, 0) is 0 Å². The predicted octanol–water partition coefficient (Wildman–Crippen LogP) is -2.40. The molecule has 0 aromatic carbocycles. The van der Waals surface area contributed by atoms with E-state index in [0.29, 0.717) is 65.3 Å². The molecule has 0 radical (unpaired) electrons. The Bertz CT molecular complexity index is 650. The van der Waals surface area contributed by atoms with Gasteiger partial charge in [0.05, 0.1) is 26.2 Å². The molecule has 0 aromatic rings. The Labute approximate surface area is 187 Å². The van der Waals surface area contributed by atoms with Crippen LogP contribution in [-0.2, 0) is 19.2 Å². The van der Waals surface area contributed by atoms with Gasteiger partial charge in [0.25, 0.3) is 0 Å². The minimum atomic E-state index is -1.01. The van der Waals surface area contributed by atoms with Crippen LogP contribution >= 0.6 is 0 Å². The molecule has 1 fully saturated rings. The fourth-order valence-electron chi connectivity index (χ4n) is 3.32. The molecular formula is C20H33N5O7. The molecular weight excluding hydrogens is 422 g/mol. The van der Waals surface area contributed by atoms with Crippen LogP contribution in [0.25, 0.3) is 0 Å². The summed E-state index contributed by atoms with van der Waals surface area (Å²) in [5, 5.41) is 30.3. The van der Waals surface area contributed by atoms with E-state index in [1.807, 2.05) is 4.90 Å². The van der Waals surface area contributed by atoms with Crippen LogP contribution in [0.2, 0.25) is 0 Å². The molecule has 1 rings (SSSR count). The average Bonchev–Trinajstić information content (AvgIpc) is 2.69. The third-order valence-corrected chi connectivity index (χ3v) is 4.97. The number of aliphatic carboxylic acids is 3. The molecule has 12 heteroatoms. The van der Waals surface area contributed by atoms with Gasteiger partial charge in [0.1, 0.15) is 0 Å². The number of hydrogen-bond acceptors (Lipinski definition) is 8. The predicted molar refractivity (Wildman–Crippen MR) is 115 cm³/mol. The number of terminal acetylenes is 1. The Balaban J connectivity index is 2.90. The zero-order valence-corrected chi connectivity index (χ0v) is 18.2. The third kappa shape index (κ3) is 12.9. The highest BCUT2D eigenvalue weighted by Gasteiger charge is 2.20. The van der Waals surface area contributed by atoms with Crippen molar-refractivity contribution < 1.29 is 34.5 Å². The molecule has 0 saturated carbocycles. The molecule has 32 heavy (non-hydrogen) atoms. The van der Waals surface area contributed by atoms with Crippen molar-refractivity contribution in [3.63, 3.8) is 0 Å². The van der Waals surface area contributed by atoms with Gasteiger partial charge in [-0.25, -0.2) is 0 Å². The normalized spacial score (nSPS) is 18.1. The van der Waals surface area contributed by atoms with E-state index < -0.39 is 17.9 Å². The van der Waals surface area contributed by atoms with E-state index in [1.165, 1.54) is 0 Å². The molecule has 0 aliphatic carbocycles. The number of hydrogen-bond donors (Lipinski definition) is 4. The van der Waals surface area contributed by atoms with E-state index in [2.05, 4.69) is 11.2 Å². The Morgan fingerprint density at radius 2 is 0.969 bits per heavy atom. The van der Waals surface area contributed by atoms with Crippen LogP contribution in [0, 0.1) is 12.3 Å². The minimum absolute atomic E-state index is 0.0809. The van der Waals surface area contributed by atoms with Gasteiger partial charge in [0.15, 0.2) is 0 Å². The molecule has 1 aliphatic heterocycles. The van der Waals surface area contributed by atoms with E-state index in [1.54, 1.807) is 14.7 Å². The Morgan fingerprint density at radius 1 is 0.656 bits per heavy atom. The molecule has 0 atom stereocenters. The first-order chi connectivity index (χ1) is 15.2. The lowest BCUT2D eigenvalue weighted by atomic mass is 10.3. The standard InChI is InChI=1S/C20H33N5O7/c1-2-3-4-21-17(26)13-22-5-7-23(14-18(27)28)9-11-25(16-20(31)32)12-10-24(8-6-22)15-19(29)30/h1H,3-16H2,(H,21,26)(H,27,28)(H,29,30)(H,31,32). The summed E-state index contributed by atoms with van der Waals surface area (Å²) in [5.74, 6) is -0.762. The lowest BCUT2D eigenvalue weighted by Gasteiger charge is -2.32. The SMILES string of the molecule is C#CCCNC(=O)CN1CCN(CC(=O)O)CCN(CC(=O)O)CCN(CC(=O)O)CC1. The molecule has 180 valence electrons. The summed E-state index contributed by atoms with van der Waals surface area (Å²) in [6.45, 7) is 2.67. The summed E-state index contributed by atoms with van der Waals surface area (Å²) >= 11 is 0. The molecule has 0 bridgehead atoms. The van der Waals surface area contributed by atoms with Gasteiger partial charge in [-0.15, -0.1) is 12.3 Å². The van der Waals surface area contributed by atoms with E-state index in [9.17, 15) is 29.4 Å². The summed E-state index contributed by atoms with van der Waals surface area (Å²) in [5.41, 5.74) is 0. The van der Waals surface area contributed by atoms with Gasteiger partial charge in [-0.2, -0.15) is 0 Å². The van der Waals surface area contributed by atoms with Crippen molar-refractivity contribution in [1.29, 1.82) is 0 Å². The van der Waals surface area contributed by atoms with E-state index in [-0.39, 0.29) is 32.1 Å². The van der Waals surface area contributed by atoms with Crippen LogP contribution < -0.4 is 5.32 Å². The molecule has 4 N–H and O–H groups in total. The number of carboxylic acids is 3. The van der Waals surface area contributed by atoms with Crippen LogP contribution in [0.1, 0.15) is 6.42 Å². The fourth-order valence-corrected chi connectivity index (χ4v) is 3.32. The van der Waals surface area contributed by atoms with Crippen LogP contribution in [0.4, 0.5) is 0 Å². The van der Waals surface area contributed by atoms with Crippen molar-refractivity contribution in [2.45, 2.75) is 6.42 Å². The van der Waals surface area contributed by atoms with E-state index >= 15 is 0 Å². The molecule has 1 saturated heterocycles. The van der Waals surface area contributed by atoms with Gasteiger partial charge >= 0.3 is 17.9 Å². The third-order valence-electron chi connectivity index (χ3n) is 4.97. The molecule has 0 unspecified atom stereocenters. The zero-order chi connectivity index (χ0) is 23.9. The number of carboxylic acid groups (broad SMARTS) is 3.